The highest BCUT2D eigenvalue weighted by Crippen LogP contribution is 2.37. The molecule has 0 aliphatic heterocycles. The zero-order valence-electron chi connectivity index (χ0n) is 13.2. The molecule has 0 N–H and O–H groups in total. The van der Waals surface area contributed by atoms with Gasteiger partial charge in [-0.2, -0.15) is 0 Å². The van der Waals surface area contributed by atoms with E-state index in [2.05, 4.69) is 49.8 Å². The molecular weight excluding hydrogens is 336 g/mol. The average Bonchev–Trinajstić information content (AvgIpc) is 2.34. The molecule has 3 nitrogen and oxygen atoms in total. The fourth-order valence-electron chi connectivity index (χ4n) is 1.35. The molecule has 0 unspecified atom stereocenters. The van der Waals surface area contributed by atoms with Crippen molar-refractivity contribution >= 4 is 24.2 Å². The van der Waals surface area contributed by atoms with Crippen LogP contribution in [0.5, 0.6) is 5.75 Å². The lowest BCUT2D eigenvalue weighted by molar-refractivity contribution is 0.0505. The summed E-state index contributed by atoms with van der Waals surface area (Å²) in [5.74, 6) is 0.780. The zero-order valence-corrected chi connectivity index (χ0v) is 15.8. The molecule has 0 atom stereocenters. The summed E-state index contributed by atoms with van der Waals surface area (Å²) in [7, 11) is -0.0997. The lowest BCUT2D eigenvalue weighted by Gasteiger charge is -2.36. The highest BCUT2D eigenvalue weighted by Gasteiger charge is 2.36. The van der Waals surface area contributed by atoms with Crippen molar-refractivity contribution in [3.63, 3.8) is 0 Å². The van der Waals surface area contributed by atoms with Crippen LogP contribution in [-0.2, 0) is 15.8 Å². The molecule has 0 bridgehead atoms. The van der Waals surface area contributed by atoms with Gasteiger partial charge < -0.3 is 13.9 Å². The molecule has 114 valence electrons. The summed E-state index contributed by atoms with van der Waals surface area (Å²) >= 11 is 3.51. The molecule has 0 saturated carbocycles. The van der Waals surface area contributed by atoms with Crippen molar-refractivity contribution in [3.05, 3.63) is 28.2 Å². The van der Waals surface area contributed by atoms with E-state index in [1.54, 1.807) is 7.11 Å². The van der Waals surface area contributed by atoms with Gasteiger partial charge in [0.2, 0.25) is 0 Å². The second kappa shape index (κ2) is 7.07. The van der Waals surface area contributed by atoms with Gasteiger partial charge in [-0.15, -0.1) is 0 Å². The van der Waals surface area contributed by atoms with Crippen LogP contribution in [0.3, 0.4) is 0 Å². The van der Waals surface area contributed by atoms with Crippen LogP contribution in [0.1, 0.15) is 26.3 Å². The van der Waals surface area contributed by atoms with E-state index in [-0.39, 0.29) is 11.8 Å². The van der Waals surface area contributed by atoms with E-state index in [0.29, 0.717) is 6.61 Å². The molecule has 20 heavy (non-hydrogen) atoms. The minimum absolute atomic E-state index is 0.228. The molecule has 0 aromatic heterocycles. The Morgan fingerprint density at radius 1 is 1.20 bits per heavy atom. The van der Waals surface area contributed by atoms with E-state index in [1.807, 2.05) is 18.2 Å². The molecule has 0 aliphatic rings. The Bertz CT molecular complexity index is 441. The van der Waals surface area contributed by atoms with E-state index in [1.165, 1.54) is 0 Å². The first-order valence-corrected chi connectivity index (χ1v) is 10.4. The summed E-state index contributed by atoms with van der Waals surface area (Å²) in [6, 6.07) is 6.01. The number of halogens is 1. The van der Waals surface area contributed by atoms with Crippen molar-refractivity contribution in [1.82, 2.24) is 0 Å². The van der Waals surface area contributed by atoms with Crippen LogP contribution < -0.4 is 4.74 Å². The van der Waals surface area contributed by atoms with Crippen LogP contribution in [0, 0.1) is 0 Å². The van der Waals surface area contributed by atoms with Crippen molar-refractivity contribution < 1.29 is 13.9 Å². The van der Waals surface area contributed by atoms with Crippen LogP contribution in [0.2, 0.25) is 18.1 Å². The van der Waals surface area contributed by atoms with E-state index >= 15 is 0 Å². The molecule has 0 amide bonds. The molecule has 0 fully saturated rings. The van der Waals surface area contributed by atoms with Gasteiger partial charge in [0.15, 0.2) is 15.1 Å². The van der Waals surface area contributed by atoms with E-state index in [9.17, 15) is 0 Å². The molecule has 0 saturated heterocycles. The Hall–Kier alpha value is -0.363. The molecule has 0 aliphatic carbocycles. The van der Waals surface area contributed by atoms with Crippen LogP contribution in [-0.4, -0.2) is 22.2 Å². The third-order valence-corrected chi connectivity index (χ3v) is 8.83. The summed E-state index contributed by atoms with van der Waals surface area (Å²) in [4.78, 5) is 0. The predicted octanol–water partition coefficient (Wildman–Crippen LogP) is 4.95. The second-order valence-electron chi connectivity index (χ2n) is 6.36. The van der Waals surface area contributed by atoms with Crippen LogP contribution in [0.4, 0.5) is 0 Å². The second-order valence-corrected chi connectivity index (χ2v) is 12.0. The largest absolute Gasteiger partial charge is 0.466 e. The number of ether oxygens (including phenoxy) is 2. The Balaban J connectivity index is 2.68. The van der Waals surface area contributed by atoms with Crippen molar-refractivity contribution in [2.75, 3.05) is 13.9 Å². The monoisotopic (exact) mass is 360 g/mol. The third kappa shape index (κ3) is 4.88. The Morgan fingerprint density at radius 3 is 2.35 bits per heavy atom. The molecular formula is C15H25BrO3Si. The number of benzene rings is 1. The van der Waals surface area contributed by atoms with E-state index in [4.69, 9.17) is 13.9 Å². The quantitative estimate of drug-likeness (QED) is 0.530. The Morgan fingerprint density at radius 2 is 1.85 bits per heavy atom. The van der Waals surface area contributed by atoms with E-state index in [0.717, 1.165) is 15.8 Å². The van der Waals surface area contributed by atoms with Crippen molar-refractivity contribution in [2.24, 2.45) is 0 Å². The summed E-state index contributed by atoms with van der Waals surface area (Å²) < 4.78 is 17.5. The first-order valence-electron chi connectivity index (χ1n) is 6.71. The SMILES string of the molecule is COCOc1ccc(CO[Si](C)(C)C(C)(C)C)cc1Br. The minimum atomic E-state index is -1.71. The van der Waals surface area contributed by atoms with Gasteiger partial charge in [0, 0.05) is 7.11 Å². The van der Waals surface area contributed by atoms with Gasteiger partial charge in [-0.25, -0.2) is 0 Å². The van der Waals surface area contributed by atoms with Crippen LogP contribution in [0.15, 0.2) is 22.7 Å². The van der Waals surface area contributed by atoms with Crippen LogP contribution in [0.25, 0.3) is 0 Å². The van der Waals surface area contributed by atoms with Gasteiger partial charge in [0.05, 0.1) is 11.1 Å². The molecule has 0 heterocycles. The molecule has 1 aromatic rings. The molecule has 5 heteroatoms. The third-order valence-electron chi connectivity index (χ3n) is 3.73. The first-order chi connectivity index (χ1) is 9.17. The number of hydrogen-bond acceptors (Lipinski definition) is 3. The van der Waals surface area contributed by atoms with Crippen molar-refractivity contribution in [2.45, 2.75) is 45.5 Å². The van der Waals surface area contributed by atoms with Crippen LogP contribution >= 0.6 is 15.9 Å². The number of rotatable bonds is 6. The lowest BCUT2D eigenvalue weighted by atomic mass is 10.2. The minimum Gasteiger partial charge on any atom is -0.466 e. The highest BCUT2D eigenvalue weighted by atomic mass is 79.9. The highest BCUT2D eigenvalue weighted by molar-refractivity contribution is 9.10. The standard InChI is InChI=1S/C15H25BrO3Si/c1-15(2,3)20(5,6)19-10-12-7-8-14(13(16)9-12)18-11-17-4/h7-9H,10-11H2,1-6H3. The maximum absolute atomic E-state index is 6.21. The zero-order chi connectivity index (χ0) is 15.4. The summed E-state index contributed by atoms with van der Waals surface area (Å²) in [6.07, 6.45) is 0. The molecule has 1 rings (SSSR count). The summed E-state index contributed by atoms with van der Waals surface area (Å²) in [5, 5.41) is 0.228. The van der Waals surface area contributed by atoms with Gasteiger partial charge in [0.1, 0.15) is 5.75 Å². The van der Waals surface area contributed by atoms with Gasteiger partial charge in [0.25, 0.3) is 0 Å². The number of hydrogen-bond donors (Lipinski definition) is 0. The predicted molar refractivity (Wildman–Crippen MR) is 88.6 cm³/mol. The molecule has 0 radical (unpaired) electrons. The van der Waals surface area contributed by atoms with Gasteiger partial charge in [-0.1, -0.05) is 26.8 Å². The smallest absolute Gasteiger partial charge is 0.192 e. The van der Waals surface area contributed by atoms with Gasteiger partial charge >= 0.3 is 0 Å². The molecule has 1 aromatic carbocycles. The van der Waals surface area contributed by atoms with E-state index < -0.39 is 8.32 Å². The fraction of sp³-hybridized carbons (Fsp3) is 0.600. The van der Waals surface area contributed by atoms with Crippen molar-refractivity contribution in [3.8, 4) is 5.75 Å². The fourth-order valence-corrected chi connectivity index (χ4v) is 2.86. The Kier molecular flexibility index (Phi) is 6.25. The van der Waals surface area contributed by atoms with Crippen molar-refractivity contribution in [1.29, 1.82) is 0 Å². The van der Waals surface area contributed by atoms with Gasteiger partial charge in [-0.3, -0.25) is 0 Å². The summed E-state index contributed by atoms with van der Waals surface area (Å²) in [5.41, 5.74) is 1.14. The average molecular weight is 361 g/mol. The normalized spacial score (nSPS) is 12.6. The topological polar surface area (TPSA) is 27.7 Å². The lowest BCUT2D eigenvalue weighted by Crippen LogP contribution is -2.40. The Labute approximate surface area is 131 Å². The molecule has 0 spiro atoms. The maximum atomic E-state index is 6.21. The number of methoxy groups -OCH3 is 1. The first kappa shape index (κ1) is 17.7. The maximum Gasteiger partial charge on any atom is 0.192 e. The summed E-state index contributed by atoms with van der Waals surface area (Å²) in [6.45, 7) is 12.2. The van der Waals surface area contributed by atoms with Gasteiger partial charge in [-0.05, 0) is 51.8 Å².